The van der Waals surface area contributed by atoms with Gasteiger partial charge in [0.1, 0.15) is 0 Å². The van der Waals surface area contributed by atoms with Crippen LogP contribution in [0, 0.1) is 6.26 Å². The molecule has 0 aromatic rings. The lowest BCUT2D eigenvalue weighted by Gasteiger charge is -2.12. The van der Waals surface area contributed by atoms with E-state index in [9.17, 15) is 0 Å². The molecule has 0 amide bonds. The number of rotatable bonds is 3. The van der Waals surface area contributed by atoms with Crippen LogP contribution in [0.5, 0.6) is 0 Å². The fourth-order valence-electron chi connectivity index (χ4n) is 1.20. The predicted molar refractivity (Wildman–Crippen MR) is 43.5 cm³/mol. The van der Waals surface area contributed by atoms with Crippen molar-refractivity contribution >= 4 is 11.8 Å². The molecule has 1 saturated heterocycles. The van der Waals surface area contributed by atoms with Crippen molar-refractivity contribution in [2.24, 2.45) is 0 Å². The number of thioether (sulfide) groups is 1. The molecule has 0 saturated carbocycles. The highest BCUT2D eigenvalue weighted by atomic mass is 32.2. The molecule has 1 radical (unpaired) electrons. The minimum Gasteiger partial charge on any atom is -0.303 e. The maximum Gasteiger partial charge on any atom is 0.00723 e. The molecule has 0 aromatic carbocycles. The average molecular weight is 144 g/mol. The second kappa shape index (κ2) is 4.18. The zero-order chi connectivity index (χ0) is 6.53. The summed E-state index contributed by atoms with van der Waals surface area (Å²) in [5.74, 6) is 1.19. The Morgan fingerprint density at radius 3 is 2.56 bits per heavy atom. The van der Waals surface area contributed by atoms with E-state index in [-0.39, 0.29) is 0 Å². The SMILES string of the molecule is [CH2]SCCN1CCCC1. The molecule has 9 heavy (non-hydrogen) atoms. The Labute approximate surface area is 61.8 Å². The number of nitrogens with zero attached hydrogens (tertiary/aromatic N) is 1. The van der Waals surface area contributed by atoms with Crippen molar-refractivity contribution in [2.45, 2.75) is 12.8 Å². The van der Waals surface area contributed by atoms with Gasteiger partial charge in [0.05, 0.1) is 0 Å². The van der Waals surface area contributed by atoms with Crippen molar-refractivity contribution in [3.05, 3.63) is 6.26 Å². The van der Waals surface area contributed by atoms with Crippen molar-refractivity contribution in [3.8, 4) is 0 Å². The fourth-order valence-corrected chi connectivity index (χ4v) is 1.59. The maximum atomic E-state index is 3.74. The molecule has 0 aliphatic carbocycles. The lowest BCUT2D eigenvalue weighted by Crippen LogP contribution is -2.21. The van der Waals surface area contributed by atoms with Crippen LogP contribution in [-0.2, 0) is 0 Å². The van der Waals surface area contributed by atoms with E-state index in [4.69, 9.17) is 0 Å². The largest absolute Gasteiger partial charge is 0.303 e. The van der Waals surface area contributed by atoms with Crippen LogP contribution in [0.4, 0.5) is 0 Å². The molecule has 2 heteroatoms. The molecule has 0 aromatic heterocycles. The van der Waals surface area contributed by atoms with Crippen LogP contribution in [0.3, 0.4) is 0 Å². The molecule has 0 atom stereocenters. The minimum atomic E-state index is 1.19. The first-order valence-corrected chi connectivity index (χ1v) is 4.68. The van der Waals surface area contributed by atoms with E-state index < -0.39 is 0 Å². The number of hydrogen-bond donors (Lipinski definition) is 0. The van der Waals surface area contributed by atoms with Crippen LogP contribution >= 0.6 is 11.8 Å². The molecule has 1 fully saturated rings. The van der Waals surface area contributed by atoms with Gasteiger partial charge in [-0.2, -0.15) is 11.8 Å². The van der Waals surface area contributed by atoms with E-state index in [2.05, 4.69) is 11.2 Å². The first-order valence-electron chi connectivity index (χ1n) is 3.53. The number of likely N-dealkylation sites (tertiary alicyclic amines) is 1. The highest BCUT2D eigenvalue weighted by Crippen LogP contribution is 2.07. The second-order valence-corrected chi connectivity index (χ2v) is 3.27. The summed E-state index contributed by atoms with van der Waals surface area (Å²) in [5.41, 5.74) is 0. The van der Waals surface area contributed by atoms with Gasteiger partial charge in [0, 0.05) is 18.6 Å². The molecule has 1 rings (SSSR count). The average Bonchev–Trinajstić information content (AvgIpc) is 2.34. The summed E-state index contributed by atoms with van der Waals surface area (Å²) in [6.07, 6.45) is 6.55. The third kappa shape index (κ3) is 2.59. The minimum absolute atomic E-state index is 1.19. The Morgan fingerprint density at radius 1 is 1.33 bits per heavy atom. The molecular weight excluding hydrogens is 130 g/mol. The van der Waals surface area contributed by atoms with Gasteiger partial charge in [0.25, 0.3) is 0 Å². The van der Waals surface area contributed by atoms with E-state index in [0.29, 0.717) is 0 Å². The van der Waals surface area contributed by atoms with Crippen molar-refractivity contribution in [3.63, 3.8) is 0 Å². The highest BCUT2D eigenvalue weighted by molar-refractivity contribution is 8.00. The summed E-state index contributed by atoms with van der Waals surface area (Å²) in [4.78, 5) is 2.51. The normalized spacial score (nSPS) is 21.0. The third-order valence-corrected chi connectivity index (χ3v) is 2.22. The molecule has 0 unspecified atom stereocenters. The van der Waals surface area contributed by atoms with Crippen LogP contribution in [-0.4, -0.2) is 30.3 Å². The monoisotopic (exact) mass is 144 g/mol. The van der Waals surface area contributed by atoms with Crippen LogP contribution < -0.4 is 0 Å². The van der Waals surface area contributed by atoms with Gasteiger partial charge < -0.3 is 4.90 Å². The maximum absolute atomic E-state index is 3.74. The Bertz CT molecular complexity index is 69.3. The van der Waals surface area contributed by atoms with E-state index in [1.165, 1.54) is 38.2 Å². The van der Waals surface area contributed by atoms with Crippen molar-refractivity contribution in [1.82, 2.24) is 4.90 Å². The van der Waals surface area contributed by atoms with Gasteiger partial charge in [-0.25, -0.2) is 0 Å². The van der Waals surface area contributed by atoms with Crippen molar-refractivity contribution < 1.29 is 0 Å². The number of hydrogen-bond acceptors (Lipinski definition) is 2. The summed E-state index contributed by atoms with van der Waals surface area (Å²) in [5, 5.41) is 0. The first-order chi connectivity index (χ1) is 4.43. The first kappa shape index (κ1) is 7.42. The fraction of sp³-hybridized carbons (Fsp3) is 0.857. The predicted octanol–water partition coefficient (Wildman–Crippen LogP) is 1.61. The molecular formula is C7H14NS. The van der Waals surface area contributed by atoms with Crippen LogP contribution in [0.2, 0.25) is 0 Å². The molecule has 1 aliphatic rings. The van der Waals surface area contributed by atoms with Gasteiger partial charge in [0.2, 0.25) is 0 Å². The Morgan fingerprint density at radius 2 is 2.00 bits per heavy atom. The van der Waals surface area contributed by atoms with E-state index >= 15 is 0 Å². The standard InChI is InChI=1S/C7H14NS/c1-9-7-6-8-4-2-3-5-8/h1-7H2. The Hall–Kier alpha value is 0.310. The van der Waals surface area contributed by atoms with E-state index in [0.717, 1.165) is 0 Å². The third-order valence-electron chi connectivity index (χ3n) is 1.75. The quantitative estimate of drug-likeness (QED) is 0.592. The molecule has 1 heterocycles. The second-order valence-electron chi connectivity index (χ2n) is 2.46. The van der Waals surface area contributed by atoms with E-state index in [1.54, 1.807) is 11.8 Å². The van der Waals surface area contributed by atoms with Crippen LogP contribution in [0.15, 0.2) is 0 Å². The van der Waals surface area contributed by atoms with Gasteiger partial charge in [-0.1, -0.05) is 0 Å². The molecule has 0 spiro atoms. The zero-order valence-corrected chi connectivity index (χ0v) is 6.62. The summed E-state index contributed by atoms with van der Waals surface area (Å²) in [6.45, 7) is 3.88. The Balaban J connectivity index is 1.98. The summed E-state index contributed by atoms with van der Waals surface area (Å²) >= 11 is 1.70. The summed E-state index contributed by atoms with van der Waals surface area (Å²) in [6, 6.07) is 0. The van der Waals surface area contributed by atoms with E-state index in [1.807, 2.05) is 0 Å². The Kier molecular flexibility index (Phi) is 3.44. The molecule has 0 bridgehead atoms. The van der Waals surface area contributed by atoms with Crippen molar-refractivity contribution in [2.75, 3.05) is 25.4 Å². The molecule has 53 valence electrons. The zero-order valence-electron chi connectivity index (χ0n) is 5.81. The summed E-state index contributed by atoms with van der Waals surface area (Å²) in [7, 11) is 0. The van der Waals surface area contributed by atoms with Gasteiger partial charge in [-0.05, 0) is 25.9 Å². The lowest BCUT2D eigenvalue weighted by atomic mass is 10.4. The lowest BCUT2D eigenvalue weighted by molar-refractivity contribution is 0.362. The smallest absolute Gasteiger partial charge is 0.00723 e. The topological polar surface area (TPSA) is 3.24 Å². The van der Waals surface area contributed by atoms with Crippen LogP contribution in [0.25, 0.3) is 0 Å². The van der Waals surface area contributed by atoms with Gasteiger partial charge in [0.15, 0.2) is 0 Å². The molecule has 0 N–H and O–H groups in total. The van der Waals surface area contributed by atoms with Crippen LogP contribution in [0.1, 0.15) is 12.8 Å². The van der Waals surface area contributed by atoms with Gasteiger partial charge in [-0.3, -0.25) is 0 Å². The highest BCUT2D eigenvalue weighted by Gasteiger charge is 2.09. The molecule has 1 aliphatic heterocycles. The van der Waals surface area contributed by atoms with Gasteiger partial charge in [-0.15, -0.1) is 0 Å². The molecule has 1 nitrogen and oxygen atoms in total. The van der Waals surface area contributed by atoms with Crippen molar-refractivity contribution in [1.29, 1.82) is 0 Å². The van der Waals surface area contributed by atoms with Gasteiger partial charge >= 0.3 is 0 Å². The summed E-state index contributed by atoms with van der Waals surface area (Å²) < 4.78 is 0.